The van der Waals surface area contributed by atoms with Gasteiger partial charge in [0.05, 0.1) is 31.4 Å². The summed E-state index contributed by atoms with van der Waals surface area (Å²) < 4.78 is 12.0. The number of benzene rings is 1. The summed E-state index contributed by atoms with van der Waals surface area (Å²) in [5, 5.41) is 5.50. The fourth-order valence-electron chi connectivity index (χ4n) is 4.00. The highest BCUT2D eigenvalue weighted by Gasteiger charge is 2.34. The van der Waals surface area contributed by atoms with Gasteiger partial charge in [-0.2, -0.15) is 0 Å². The van der Waals surface area contributed by atoms with E-state index in [1.54, 1.807) is 28.6 Å². The second kappa shape index (κ2) is 9.99. The van der Waals surface area contributed by atoms with Crippen molar-refractivity contribution in [3.05, 3.63) is 40.4 Å². The molecule has 1 N–H and O–H groups in total. The van der Waals surface area contributed by atoms with E-state index in [1.165, 1.54) is 36.5 Å². The lowest BCUT2D eigenvalue weighted by Gasteiger charge is -2.23. The molecule has 10 nitrogen and oxygen atoms in total. The molecular formula is C22H25N5O5S. The molecule has 1 unspecified atom stereocenters. The summed E-state index contributed by atoms with van der Waals surface area (Å²) in [6.07, 6.45) is 5.19. The minimum atomic E-state index is -0.492. The number of anilines is 1. The van der Waals surface area contributed by atoms with Crippen molar-refractivity contribution in [3.8, 4) is 11.5 Å². The van der Waals surface area contributed by atoms with Gasteiger partial charge < -0.3 is 19.7 Å². The third-order valence-corrected chi connectivity index (χ3v) is 6.35. The number of carbonyl (C=O) groups is 2. The average Bonchev–Trinajstić information content (AvgIpc) is 3.52. The quantitative estimate of drug-likeness (QED) is 0.536. The van der Waals surface area contributed by atoms with Gasteiger partial charge in [0.15, 0.2) is 16.6 Å². The lowest BCUT2D eigenvalue weighted by atomic mass is 10.2. The number of carbonyl (C=O) groups excluding carboxylic acids is 2. The summed E-state index contributed by atoms with van der Waals surface area (Å²) in [4.78, 5) is 48.3. The minimum Gasteiger partial charge on any atom is -0.493 e. The van der Waals surface area contributed by atoms with Crippen molar-refractivity contribution in [1.29, 1.82) is 0 Å². The molecule has 3 heterocycles. The van der Waals surface area contributed by atoms with Crippen LogP contribution in [0.3, 0.4) is 0 Å². The number of likely N-dealkylation sites (tertiary alicyclic amines) is 1. The number of nitrogens with zero attached hydrogens (tertiary/aromatic N) is 4. The molecule has 2 aromatic heterocycles. The van der Waals surface area contributed by atoms with E-state index in [4.69, 9.17) is 9.47 Å². The van der Waals surface area contributed by atoms with Crippen LogP contribution in [0.5, 0.6) is 11.5 Å². The van der Waals surface area contributed by atoms with Crippen LogP contribution in [-0.4, -0.2) is 58.1 Å². The normalized spacial score (nSPS) is 15.6. The van der Waals surface area contributed by atoms with Crippen molar-refractivity contribution in [1.82, 2.24) is 19.4 Å². The average molecular weight is 472 g/mol. The lowest BCUT2D eigenvalue weighted by molar-refractivity contribution is -0.136. The van der Waals surface area contributed by atoms with Crippen LogP contribution in [-0.2, 0) is 16.1 Å². The molecule has 0 saturated carbocycles. The summed E-state index contributed by atoms with van der Waals surface area (Å²) in [6.45, 7) is 0.888. The second-order valence-electron chi connectivity index (χ2n) is 7.64. The van der Waals surface area contributed by atoms with E-state index in [0.717, 1.165) is 6.42 Å². The Morgan fingerprint density at radius 3 is 2.73 bits per heavy atom. The monoisotopic (exact) mass is 471 g/mol. The molecule has 11 heteroatoms. The van der Waals surface area contributed by atoms with E-state index in [-0.39, 0.29) is 23.8 Å². The molecule has 0 spiro atoms. The summed E-state index contributed by atoms with van der Waals surface area (Å²) >= 11 is 1.34. The maximum absolute atomic E-state index is 12.9. The predicted octanol–water partition coefficient (Wildman–Crippen LogP) is 2.28. The fourth-order valence-corrected chi connectivity index (χ4v) is 4.53. The van der Waals surface area contributed by atoms with Crippen molar-refractivity contribution < 1.29 is 19.1 Å². The topological polar surface area (TPSA) is 116 Å². The number of amides is 2. The zero-order valence-electron chi connectivity index (χ0n) is 18.4. The SMILES string of the molecule is COc1cc2ncn(CCCC(=O)N3CCCC3C(=O)Nc3nccs3)c(=O)c2cc1OC. The first-order valence-electron chi connectivity index (χ1n) is 10.6. The number of aryl methyl sites for hydroxylation is 1. The van der Waals surface area contributed by atoms with Gasteiger partial charge in [0.25, 0.3) is 5.56 Å². The fraction of sp³-hybridized carbons (Fsp3) is 0.409. The van der Waals surface area contributed by atoms with E-state index in [1.807, 2.05) is 0 Å². The van der Waals surface area contributed by atoms with Crippen LogP contribution in [0, 0.1) is 0 Å². The van der Waals surface area contributed by atoms with E-state index in [0.29, 0.717) is 53.5 Å². The van der Waals surface area contributed by atoms with Crippen molar-refractivity contribution in [3.63, 3.8) is 0 Å². The van der Waals surface area contributed by atoms with Crippen LogP contribution >= 0.6 is 11.3 Å². The Bertz CT molecular complexity index is 1210. The van der Waals surface area contributed by atoms with E-state index in [9.17, 15) is 14.4 Å². The Morgan fingerprint density at radius 2 is 2.00 bits per heavy atom. The number of rotatable bonds is 8. The number of nitrogens with one attached hydrogen (secondary N) is 1. The highest BCUT2D eigenvalue weighted by Crippen LogP contribution is 2.29. The van der Waals surface area contributed by atoms with Crippen LogP contribution in [0.25, 0.3) is 10.9 Å². The molecule has 1 fully saturated rings. The second-order valence-corrected chi connectivity index (χ2v) is 8.54. The summed E-state index contributed by atoms with van der Waals surface area (Å²) in [5.74, 6) is 0.641. The number of fused-ring (bicyclic) bond motifs is 1. The Hall–Kier alpha value is -3.47. The predicted molar refractivity (Wildman–Crippen MR) is 124 cm³/mol. The van der Waals surface area contributed by atoms with Crippen LogP contribution in [0.2, 0.25) is 0 Å². The summed E-state index contributed by atoms with van der Waals surface area (Å²) in [6, 6.07) is 2.78. The van der Waals surface area contributed by atoms with Crippen LogP contribution < -0.4 is 20.3 Å². The Morgan fingerprint density at radius 1 is 1.21 bits per heavy atom. The van der Waals surface area contributed by atoms with Crippen LogP contribution in [0.4, 0.5) is 5.13 Å². The highest BCUT2D eigenvalue weighted by atomic mass is 32.1. The van der Waals surface area contributed by atoms with Gasteiger partial charge in [0, 0.05) is 37.2 Å². The molecule has 0 bridgehead atoms. The molecule has 0 radical (unpaired) electrons. The zero-order valence-corrected chi connectivity index (χ0v) is 19.3. The molecule has 1 aliphatic heterocycles. The van der Waals surface area contributed by atoms with Crippen LogP contribution in [0.1, 0.15) is 25.7 Å². The zero-order chi connectivity index (χ0) is 23.4. The van der Waals surface area contributed by atoms with Crippen molar-refractivity contribution in [2.75, 3.05) is 26.1 Å². The first-order chi connectivity index (χ1) is 16.0. The molecule has 1 atom stereocenters. The van der Waals surface area contributed by atoms with Crippen molar-refractivity contribution >= 4 is 39.2 Å². The smallest absolute Gasteiger partial charge is 0.261 e. The first kappa shape index (κ1) is 22.7. The van der Waals surface area contributed by atoms with Gasteiger partial charge in [0.2, 0.25) is 11.8 Å². The van der Waals surface area contributed by atoms with Crippen LogP contribution in [0.15, 0.2) is 34.8 Å². The molecule has 1 aliphatic rings. The molecule has 0 aliphatic carbocycles. The Labute approximate surface area is 194 Å². The van der Waals surface area contributed by atoms with Gasteiger partial charge in [0.1, 0.15) is 6.04 Å². The molecular weight excluding hydrogens is 446 g/mol. The van der Waals surface area contributed by atoms with Gasteiger partial charge in [-0.05, 0) is 25.3 Å². The molecule has 3 aromatic rings. The summed E-state index contributed by atoms with van der Waals surface area (Å²) in [7, 11) is 3.03. The van der Waals surface area contributed by atoms with E-state index >= 15 is 0 Å². The number of methoxy groups -OCH3 is 2. The molecule has 1 saturated heterocycles. The van der Waals surface area contributed by atoms with Gasteiger partial charge in [-0.25, -0.2) is 9.97 Å². The third kappa shape index (κ3) is 4.82. The molecule has 33 heavy (non-hydrogen) atoms. The van der Waals surface area contributed by atoms with Gasteiger partial charge >= 0.3 is 0 Å². The van der Waals surface area contributed by atoms with E-state index < -0.39 is 6.04 Å². The molecule has 4 rings (SSSR count). The minimum absolute atomic E-state index is 0.0972. The van der Waals surface area contributed by atoms with Crippen molar-refractivity contribution in [2.24, 2.45) is 0 Å². The molecule has 1 aromatic carbocycles. The maximum Gasteiger partial charge on any atom is 0.261 e. The largest absolute Gasteiger partial charge is 0.493 e. The molecule has 2 amide bonds. The molecule has 174 valence electrons. The highest BCUT2D eigenvalue weighted by molar-refractivity contribution is 7.13. The number of aromatic nitrogens is 3. The maximum atomic E-state index is 12.9. The van der Waals surface area contributed by atoms with Crippen molar-refractivity contribution in [2.45, 2.75) is 38.3 Å². The number of hydrogen-bond acceptors (Lipinski definition) is 8. The summed E-state index contributed by atoms with van der Waals surface area (Å²) in [5.41, 5.74) is 0.298. The Kier molecular flexibility index (Phi) is 6.87. The first-order valence-corrected chi connectivity index (χ1v) is 11.5. The lowest BCUT2D eigenvalue weighted by Crippen LogP contribution is -2.43. The standard InChI is InChI=1S/C22H25N5O5S/c1-31-17-11-14-15(12-18(17)32-2)24-13-26(21(14)30)8-4-6-19(28)27-9-3-5-16(27)20(29)25-22-23-7-10-33-22/h7,10-13,16H,3-6,8-9H2,1-2H3,(H,23,25,29). The van der Waals surface area contributed by atoms with Gasteiger partial charge in [-0.3, -0.25) is 19.0 Å². The number of hydrogen-bond donors (Lipinski definition) is 1. The third-order valence-electron chi connectivity index (χ3n) is 5.66. The Balaban J connectivity index is 1.39. The number of thiazole rings is 1. The van der Waals surface area contributed by atoms with E-state index in [2.05, 4.69) is 15.3 Å². The number of ether oxygens (including phenoxy) is 2. The van der Waals surface area contributed by atoms with Gasteiger partial charge in [-0.1, -0.05) is 0 Å². The van der Waals surface area contributed by atoms with Gasteiger partial charge in [-0.15, -0.1) is 11.3 Å².